The summed E-state index contributed by atoms with van der Waals surface area (Å²) in [6.45, 7) is 1.23. The lowest BCUT2D eigenvalue weighted by Gasteiger charge is -2.41. The van der Waals surface area contributed by atoms with Crippen LogP contribution in [0.1, 0.15) is 58.8 Å². The molecule has 2 aliphatic rings. The Labute approximate surface area is 195 Å². The Bertz CT molecular complexity index is 964. The summed E-state index contributed by atoms with van der Waals surface area (Å²) in [7, 11) is 0. The Kier molecular flexibility index (Phi) is 7.09. The van der Waals surface area contributed by atoms with Crippen LogP contribution in [0, 0.1) is 5.92 Å². The fourth-order valence-electron chi connectivity index (χ4n) is 5.14. The van der Waals surface area contributed by atoms with Gasteiger partial charge in [-0.25, -0.2) is 0 Å². The van der Waals surface area contributed by atoms with Crippen LogP contribution in [-0.2, 0) is 11.0 Å². The van der Waals surface area contributed by atoms with Crippen LogP contribution in [0.5, 0.6) is 0 Å². The molecule has 1 aromatic carbocycles. The zero-order chi connectivity index (χ0) is 23.5. The van der Waals surface area contributed by atoms with Crippen molar-refractivity contribution in [3.8, 4) is 0 Å². The molecule has 2 fully saturated rings. The smallest absolute Gasteiger partial charge is 0.348 e. The van der Waals surface area contributed by atoms with E-state index in [4.69, 9.17) is 0 Å². The van der Waals surface area contributed by atoms with E-state index < -0.39 is 17.6 Å². The van der Waals surface area contributed by atoms with E-state index in [-0.39, 0.29) is 23.6 Å². The summed E-state index contributed by atoms with van der Waals surface area (Å²) in [5, 5.41) is 11.1. The largest absolute Gasteiger partial charge is 0.416 e. The van der Waals surface area contributed by atoms with E-state index in [0.29, 0.717) is 18.4 Å². The summed E-state index contributed by atoms with van der Waals surface area (Å²) in [5.74, 6) is -0.0901. The van der Waals surface area contributed by atoms with Crippen molar-refractivity contribution in [3.63, 3.8) is 0 Å². The van der Waals surface area contributed by atoms with Gasteiger partial charge >= 0.3 is 6.18 Å². The number of benzene rings is 1. The highest BCUT2D eigenvalue weighted by Crippen LogP contribution is 2.43. The van der Waals surface area contributed by atoms with Gasteiger partial charge in [0.2, 0.25) is 5.91 Å². The predicted molar refractivity (Wildman–Crippen MR) is 121 cm³/mol. The van der Waals surface area contributed by atoms with Gasteiger partial charge in [-0.2, -0.15) is 13.2 Å². The number of hydrogen-bond acceptors (Lipinski definition) is 4. The van der Waals surface area contributed by atoms with Gasteiger partial charge in [0.05, 0.1) is 17.6 Å². The monoisotopic (exact) mass is 479 g/mol. The predicted octanol–water partition coefficient (Wildman–Crippen LogP) is 4.32. The first-order chi connectivity index (χ1) is 15.8. The lowest BCUT2D eigenvalue weighted by Crippen LogP contribution is -2.57. The first-order valence-corrected chi connectivity index (χ1v) is 12.2. The van der Waals surface area contributed by atoms with Crippen LogP contribution in [0.4, 0.5) is 13.2 Å². The Morgan fingerprint density at radius 1 is 1.12 bits per heavy atom. The molecule has 2 aromatic rings. The molecule has 1 aliphatic carbocycles. The van der Waals surface area contributed by atoms with Crippen LogP contribution in [0.25, 0.3) is 0 Å². The van der Waals surface area contributed by atoms with Gasteiger partial charge in [0.15, 0.2) is 0 Å². The van der Waals surface area contributed by atoms with Crippen molar-refractivity contribution in [2.45, 2.75) is 49.7 Å². The van der Waals surface area contributed by atoms with Crippen molar-refractivity contribution in [1.82, 2.24) is 16.0 Å². The van der Waals surface area contributed by atoms with E-state index in [1.165, 1.54) is 17.0 Å². The third kappa shape index (κ3) is 5.58. The van der Waals surface area contributed by atoms with E-state index in [1.54, 1.807) is 11.3 Å². The second kappa shape index (κ2) is 9.85. The third-order valence-corrected chi connectivity index (χ3v) is 7.93. The van der Waals surface area contributed by atoms with Gasteiger partial charge < -0.3 is 16.0 Å². The summed E-state index contributed by atoms with van der Waals surface area (Å²) in [6.07, 6.45) is 0.541. The normalized spacial score (nSPS) is 25.5. The van der Waals surface area contributed by atoms with Gasteiger partial charge in [0.1, 0.15) is 0 Å². The molecule has 1 saturated carbocycles. The van der Waals surface area contributed by atoms with Gasteiger partial charge in [-0.3, -0.25) is 9.59 Å². The summed E-state index contributed by atoms with van der Waals surface area (Å²) >= 11 is 1.80. The molecule has 9 heteroatoms. The van der Waals surface area contributed by atoms with E-state index in [9.17, 15) is 22.8 Å². The lowest BCUT2D eigenvalue weighted by atomic mass is 9.71. The second-order valence-corrected chi connectivity index (χ2v) is 9.94. The molecule has 1 saturated heterocycles. The maximum Gasteiger partial charge on any atom is 0.416 e. The highest BCUT2D eigenvalue weighted by molar-refractivity contribution is 7.10. The summed E-state index contributed by atoms with van der Waals surface area (Å²) in [5.41, 5.74) is -1.37. The van der Waals surface area contributed by atoms with Crippen LogP contribution < -0.4 is 16.0 Å². The number of amides is 2. The first-order valence-electron chi connectivity index (χ1n) is 11.3. The first kappa shape index (κ1) is 23.8. The van der Waals surface area contributed by atoms with Crippen LogP contribution in [0.15, 0.2) is 41.8 Å². The lowest BCUT2D eigenvalue weighted by molar-refractivity contribution is -0.137. The molecule has 0 unspecified atom stereocenters. The quantitative estimate of drug-likeness (QED) is 0.578. The summed E-state index contributed by atoms with van der Waals surface area (Å²) in [4.78, 5) is 26.5. The molecular formula is C24H28F3N3O2S. The number of carbonyl (C=O) groups is 2. The van der Waals surface area contributed by atoms with E-state index in [0.717, 1.165) is 50.8 Å². The Morgan fingerprint density at radius 3 is 2.55 bits per heavy atom. The van der Waals surface area contributed by atoms with E-state index in [2.05, 4.69) is 33.5 Å². The molecular weight excluding hydrogens is 451 g/mol. The molecule has 33 heavy (non-hydrogen) atoms. The molecule has 178 valence electrons. The molecule has 5 nitrogen and oxygen atoms in total. The van der Waals surface area contributed by atoms with Crippen molar-refractivity contribution < 1.29 is 22.8 Å². The van der Waals surface area contributed by atoms with Crippen LogP contribution in [-0.4, -0.2) is 37.0 Å². The zero-order valence-corrected chi connectivity index (χ0v) is 19.0. The average Bonchev–Trinajstić information content (AvgIpc) is 3.50. The van der Waals surface area contributed by atoms with Crippen molar-refractivity contribution in [2.75, 3.05) is 19.6 Å². The number of rotatable bonds is 6. The van der Waals surface area contributed by atoms with Crippen molar-refractivity contribution >= 4 is 23.2 Å². The molecule has 3 N–H and O–H groups in total. The minimum absolute atomic E-state index is 0.123. The standard InChI is InChI=1S/C24H28F3N3O2S/c25-24(26,27)19-4-1-3-17(13-19)22(32)29-14-21(31)30-23(10-11-28-15-23)18-8-6-16(7-9-18)20-5-2-12-33-20/h1-5,12-13,16,18,28H,6-11,14-15H2,(H,29,32)(H,30,31)/t16?,18?,23-/m0/s1. The molecule has 1 atom stereocenters. The molecule has 1 aromatic heterocycles. The molecule has 4 rings (SSSR count). The number of thiophene rings is 1. The number of alkyl halides is 3. The molecule has 0 bridgehead atoms. The fourth-order valence-corrected chi connectivity index (χ4v) is 6.04. The van der Waals surface area contributed by atoms with Crippen molar-refractivity contribution in [1.29, 1.82) is 0 Å². The maximum atomic E-state index is 12.9. The van der Waals surface area contributed by atoms with Crippen molar-refractivity contribution in [3.05, 3.63) is 57.8 Å². The second-order valence-electron chi connectivity index (χ2n) is 8.96. The number of carbonyl (C=O) groups excluding carboxylic acids is 2. The molecule has 2 heterocycles. The minimum Gasteiger partial charge on any atom is -0.348 e. The van der Waals surface area contributed by atoms with Crippen molar-refractivity contribution in [2.24, 2.45) is 5.92 Å². The van der Waals surface area contributed by atoms with Gasteiger partial charge in [-0.15, -0.1) is 11.3 Å². The van der Waals surface area contributed by atoms with Gasteiger partial charge in [0, 0.05) is 17.0 Å². The molecule has 2 amide bonds. The number of halogens is 3. The Balaban J connectivity index is 1.33. The Morgan fingerprint density at radius 2 is 1.91 bits per heavy atom. The SMILES string of the molecule is O=C(CNC(=O)c1cccc(C(F)(F)F)c1)N[C@@]1(C2CCC(c3cccs3)CC2)CCNC1. The molecule has 0 spiro atoms. The minimum atomic E-state index is -4.53. The van der Waals surface area contributed by atoms with Crippen LogP contribution in [0.3, 0.4) is 0 Å². The van der Waals surface area contributed by atoms with Crippen LogP contribution >= 0.6 is 11.3 Å². The van der Waals surface area contributed by atoms with E-state index in [1.807, 2.05) is 0 Å². The summed E-state index contributed by atoms with van der Waals surface area (Å²) in [6, 6.07) is 8.47. The molecule has 0 radical (unpaired) electrons. The Hall–Kier alpha value is -2.39. The number of hydrogen-bond donors (Lipinski definition) is 3. The third-order valence-electron chi connectivity index (χ3n) is 6.89. The number of nitrogens with one attached hydrogen (secondary N) is 3. The molecule has 1 aliphatic heterocycles. The van der Waals surface area contributed by atoms with Gasteiger partial charge in [0.25, 0.3) is 5.91 Å². The summed E-state index contributed by atoms with van der Waals surface area (Å²) < 4.78 is 38.7. The van der Waals surface area contributed by atoms with E-state index >= 15 is 0 Å². The average molecular weight is 480 g/mol. The fraction of sp³-hybridized carbons (Fsp3) is 0.500. The topological polar surface area (TPSA) is 70.2 Å². The highest BCUT2D eigenvalue weighted by atomic mass is 32.1. The maximum absolute atomic E-state index is 12.9. The van der Waals surface area contributed by atoms with Gasteiger partial charge in [-0.05, 0) is 80.1 Å². The van der Waals surface area contributed by atoms with Crippen LogP contribution in [0.2, 0.25) is 0 Å². The van der Waals surface area contributed by atoms with Gasteiger partial charge in [-0.1, -0.05) is 12.1 Å². The highest BCUT2D eigenvalue weighted by Gasteiger charge is 2.44. The zero-order valence-electron chi connectivity index (χ0n) is 18.2.